The number of allylic oxidation sites excluding steroid dienone is 2. The molecule has 1 aliphatic heterocycles. The third-order valence-electron chi connectivity index (χ3n) is 7.06. The fourth-order valence-corrected chi connectivity index (χ4v) is 8.04. The molecule has 0 aromatic heterocycles. The SMILES string of the molecule is Cc1ccc(NC(=O)c2ccccc2N2C(=O)[C@@H]3[C@H](C2=O)[C@@]2(Cl)C(Cl)=C(Cl)[C@@]3(Cl)C2(Cl)Cl)cc1C. The molecule has 1 heterocycles. The Bertz CT molecular complexity index is 1330. The van der Waals surface area contributed by atoms with Gasteiger partial charge in [-0.3, -0.25) is 14.4 Å². The van der Waals surface area contributed by atoms with Crippen LogP contribution in [0.1, 0.15) is 21.5 Å². The van der Waals surface area contributed by atoms with Gasteiger partial charge in [-0.2, -0.15) is 0 Å². The largest absolute Gasteiger partial charge is 0.322 e. The Morgan fingerprint density at radius 3 is 1.94 bits per heavy atom. The number of alkyl halides is 4. The van der Waals surface area contributed by atoms with Crippen LogP contribution in [0.4, 0.5) is 11.4 Å². The van der Waals surface area contributed by atoms with Gasteiger partial charge in [0.2, 0.25) is 11.8 Å². The van der Waals surface area contributed by atoms with E-state index in [1.165, 1.54) is 12.1 Å². The summed E-state index contributed by atoms with van der Waals surface area (Å²) < 4.78 is -2.02. The van der Waals surface area contributed by atoms with Crippen molar-refractivity contribution >= 4 is 98.7 Å². The van der Waals surface area contributed by atoms with Gasteiger partial charge < -0.3 is 5.32 Å². The van der Waals surface area contributed by atoms with Crippen LogP contribution < -0.4 is 10.2 Å². The first-order valence-corrected chi connectivity index (χ1v) is 12.7. The van der Waals surface area contributed by atoms with Crippen molar-refractivity contribution in [2.75, 3.05) is 10.2 Å². The van der Waals surface area contributed by atoms with E-state index in [-0.39, 0.29) is 21.3 Å². The second kappa shape index (κ2) is 8.01. The second-order valence-corrected chi connectivity index (χ2v) is 12.1. The number of benzene rings is 2. The number of imide groups is 1. The van der Waals surface area contributed by atoms with Crippen LogP contribution in [0, 0.1) is 25.7 Å². The fourth-order valence-electron chi connectivity index (χ4n) is 5.11. The summed E-state index contributed by atoms with van der Waals surface area (Å²) in [7, 11) is 0. The number of halogens is 6. The molecular formula is C24H16Cl6N2O3. The molecule has 4 atom stereocenters. The van der Waals surface area contributed by atoms with Crippen molar-refractivity contribution in [3.8, 4) is 0 Å². The molecule has 182 valence electrons. The number of carbonyl (C=O) groups excluding carboxylic acids is 3. The zero-order valence-corrected chi connectivity index (χ0v) is 22.7. The molecule has 1 N–H and O–H groups in total. The van der Waals surface area contributed by atoms with Crippen LogP contribution in [0.3, 0.4) is 0 Å². The molecule has 3 amide bonds. The predicted octanol–water partition coefficient (Wildman–Crippen LogP) is 6.51. The molecule has 2 bridgehead atoms. The average molecular weight is 593 g/mol. The minimum atomic E-state index is -2.02. The number of hydrogen-bond acceptors (Lipinski definition) is 3. The van der Waals surface area contributed by atoms with Gasteiger partial charge in [-0.15, -0.1) is 23.2 Å². The van der Waals surface area contributed by atoms with Crippen LogP contribution in [-0.2, 0) is 9.59 Å². The lowest BCUT2D eigenvalue weighted by molar-refractivity contribution is -0.123. The molecule has 35 heavy (non-hydrogen) atoms. The maximum Gasteiger partial charge on any atom is 0.257 e. The maximum absolute atomic E-state index is 13.7. The van der Waals surface area contributed by atoms with Gasteiger partial charge in [0.05, 0.1) is 33.2 Å². The number of fused-ring (bicyclic) bond motifs is 5. The summed E-state index contributed by atoms with van der Waals surface area (Å²) in [5, 5.41) is 2.46. The molecule has 2 fully saturated rings. The number of nitrogens with zero attached hydrogens (tertiary/aromatic N) is 1. The highest BCUT2D eigenvalue weighted by atomic mass is 35.5. The standard InChI is InChI=1S/C24H16Cl6N2O3/c1-10-7-8-12(9-11(10)2)31-19(33)13-5-3-4-6-14(13)32-20(34)15-16(21(32)35)23(28)18(26)17(25)22(15,27)24(23,29)30/h3-9,15-16H,1-2H3,(H,31,33)/t15-,16+,22-,23-/m1/s1. The summed E-state index contributed by atoms with van der Waals surface area (Å²) in [6.07, 6.45) is 0. The zero-order valence-electron chi connectivity index (χ0n) is 18.1. The highest BCUT2D eigenvalue weighted by molar-refractivity contribution is 6.67. The Morgan fingerprint density at radius 2 is 1.40 bits per heavy atom. The summed E-state index contributed by atoms with van der Waals surface area (Å²) in [6, 6.07) is 11.7. The molecular weight excluding hydrogens is 577 g/mol. The number of nitrogens with one attached hydrogen (secondary N) is 1. The van der Waals surface area contributed by atoms with Gasteiger partial charge in [0.1, 0.15) is 9.75 Å². The van der Waals surface area contributed by atoms with Crippen molar-refractivity contribution in [3.05, 3.63) is 69.2 Å². The molecule has 0 radical (unpaired) electrons. The van der Waals surface area contributed by atoms with Gasteiger partial charge in [0.15, 0.2) is 4.33 Å². The first kappa shape index (κ1) is 25.2. The van der Waals surface area contributed by atoms with E-state index >= 15 is 0 Å². The van der Waals surface area contributed by atoms with Crippen molar-refractivity contribution < 1.29 is 14.4 Å². The smallest absolute Gasteiger partial charge is 0.257 e. The molecule has 0 unspecified atom stereocenters. The van der Waals surface area contributed by atoms with E-state index in [9.17, 15) is 14.4 Å². The molecule has 11 heteroatoms. The molecule has 5 nitrogen and oxygen atoms in total. The van der Waals surface area contributed by atoms with Crippen LogP contribution >= 0.6 is 69.6 Å². The van der Waals surface area contributed by atoms with Crippen molar-refractivity contribution in [1.82, 2.24) is 0 Å². The number of amides is 3. The summed E-state index contributed by atoms with van der Waals surface area (Å²) in [5.41, 5.74) is 2.80. The van der Waals surface area contributed by atoms with E-state index in [0.29, 0.717) is 5.69 Å². The third kappa shape index (κ3) is 3.00. The van der Waals surface area contributed by atoms with Gasteiger partial charge >= 0.3 is 0 Å². The first-order chi connectivity index (χ1) is 16.3. The Kier molecular flexibility index (Phi) is 5.77. The number of aryl methyl sites for hydroxylation is 2. The second-order valence-electron chi connectivity index (χ2n) is 8.86. The summed E-state index contributed by atoms with van der Waals surface area (Å²) in [5.74, 6) is -4.53. The van der Waals surface area contributed by atoms with Crippen LogP contribution in [-0.4, -0.2) is 31.8 Å². The highest BCUT2D eigenvalue weighted by Crippen LogP contribution is 2.77. The Labute approximate surface area is 231 Å². The lowest BCUT2D eigenvalue weighted by atomic mass is 9.84. The zero-order chi connectivity index (χ0) is 25.7. The van der Waals surface area contributed by atoms with Gasteiger partial charge in [-0.05, 0) is 49.2 Å². The van der Waals surface area contributed by atoms with Crippen LogP contribution in [0.25, 0.3) is 0 Å². The van der Waals surface area contributed by atoms with Crippen LogP contribution in [0.5, 0.6) is 0 Å². The quantitative estimate of drug-likeness (QED) is 0.326. The number of carbonyl (C=O) groups is 3. The maximum atomic E-state index is 13.7. The molecule has 2 aliphatic carbocycles. The normalized spacial score (nSPS) is 30.8. The fraction of sp³-hybridized carbons (Fsp3) is 0.292. The summed E-state index contributed by atoms with van der Waals surface area (Å²) in [6.45, 7) is 3.89. The van der Waals surface area contributed by atoms with Gasteiger partial charge in [0.25, 0.3) is 5.91 Å². The molecule has 1 saturated heterocycles. The molecule has 5 rings (SSSR count). The number of anilines is 2. The topological polar surface area (TPSA) is 66.5 Å². The van der Waals surface area contributed by atoms with Gasteiger partial charge in [0, 0.05) is 5.69 Å². The number of para-hydroxylation sites is 1. The Hall–Kier alpha value is -1.47. The molecule has 1 saturated carbocycles. The first-order valence-electron chi connectivity index (χ1n) is 10.5. The van der Waals surface area contributed by atoms with Crippen molar-refractivity contribution in [1.29, 1.82) is 0 Å². The summed E-state index contributed by atoms with van der Waals surface area (Å²) >= 11 is 39.3. The molecule has 2 aromatic carbocycles. The Morgan fingerprint density at radius 1 is 0.857 bits per heavy atom. The molecule has 2 aromatic rings. The van der Waals surface area contributed by atoms with Crippen molar-refractivity contribution in [2.45, 2.75) is 27.9 Å². The van der Waals surface area contributed by atoms with E-state index in [2.05, 4.69) is 5.32 Å². The minimum Gasteiger partial charge on any atom is -0.322 e. The molecule has 3 aliphatic rings. The average Bonchev–Trinajstić information content (AvgIpc) is 3.20. The van der Waals surface area contributed by atoms with Crippen molar-refractivity contribution in [2.24, 2.45) is 11.8 Å². The van der Waals surface area contributed by atoms with Crippen LogP contribution in [0.2, 0.25) is 0 Å². The highest BCUT2D eigenvalue weighted by Gasteiger charge is 2.87. The number of rotatable bonds is 3. The third-order valence-corrected chi connectivity index (χ3v) is 11.3. The van der Waals surface area contributed by atoms with E-state index in [1.807, 2.05) is 26.0 Å². The lowest BCUT2D eigenvalue weighted by Crippen LogP contribution is -2.50. The van der Waals surface area contributed by atoms with E-state index < -0.39 is 43.6 Å². The predicted molar refractivity (Wildman–Crippen MR) is 140 cm³/mol. The van der Waals surface area contributed by atoms with Gasteiger partial charge in [-0.1, -0.05) is 64.6 Å². The monoisotopic (exact) mass is 590 g/mol. The molecule has 0 spiro atoms. The van der Waals surface area contributed by atoms with E-state index in [1.54, 1.807) is 18.2 Å². The summed E-state index contributed by atoms with van der Waals surface area (Å²) in [4.78, 5) is 37.6. The number of hydrogen-bond donors (Lipinski definition) is 1. The van der Waals surface area contributed by atoms with Crippen molar-refractivity contribution in [3.63, 3.8) is 0 Å². The van der Waals surface area contributed by atoms with Crippen LogP contribution in [0.15, 0.2) is 52.5 Å². The van der Waals surface area contributed by atoms with Gasteiger partial charge in [-0.25, -0.2) is 4.90 Å². The van der Waals surface area contributed by atoms with E-state index in [4.69, 9.17) is 69.6 Å². The minimum absolute atomic E-state index is 0.0696. The van der Waals surface area contributed by atoms with E-state index in [0.717, 1.165) is 16.0 Å². The lowest BCUT2D eigenvalue weighted by Gasteiger charge is -2.34. The Balaban J connectivity index is 1.56.